The highest BCUT2D eigenvalue weighted by Crippen LogP contribution is 2.28. The van der Waals surface area contributed by atoms with E-state index in [0.29, 0.717) is 19.1 Å². The number of halogens is 1. The van der Waals surface area contributed by atoms with Crippen molar-refractivity contribution < 1.29 is 26.4 Å². The summed E-state index contributed by atoms with van der Waals surface area (Å²) in [6.45, 7) is 5.89. The number of carbonyl (C=O) groups excluding carboxylic acids is 1. The van der Waals surface area contributed by atoms with Crippen LogP contribution in [0.25, 0.3) is 0 Å². The van der Waals surface area contributed by atoms with Gasteiger partial charge in [0.05, 0.1) is 23.1 Å². The summed E-state index contributed by atoms with van der Waals surface area (Å²) in [6.07, 6.45) is 0.969. The summed E-state index contributed by atoms with van der Waals surface area (Å²) in [7, 11) is -7.57. The highest BCUT2D eigenvalue weighted by atomic mass is 35.5. The Kier molecular flexibility index (Phi) is 8.61. The number of morpholine rings is 1. The number of nitrogens with zero attached hydrogens (tertiary/aromatic N) is 3. The van der Waals surface area contributed by atoms with Crippen LogP contribution in [0.3, 0.4) is 0 Å². The van der Waals surface area contributed by atoms with Crippen LogP contribution in [0.4, 0.5) is 0 Å². The van der Waals surface area contributed by atoms with E-state index >= 15 is 0 Å². The Morgan fingerprint density at radius 3 is 2.08 bits per heavy atom. The molecule has 0 saturated carbocycles. The first-order chi connectivity index (χ1) is 17.6. The molecule has 0 N–H and O–H groups in total. The molecule has 0 aromatic heterocycles. The SMILES string of the molecule is CC[C@H](C)c1ccc(S(=O)(=O)N2CCN(C(=O)c3ccc(Cl)c(S(=O)(=O)N4CCOCC4)c3)CC2)cc1. The van der Waals surface area contributed by atoms with Crippen molar-refractivity contribution in [2.45, 2.75) is 36.0 Å². The molecule has 2 fully saturated rings. The zero-order chi connectivity index (χ0) is 26.8. The van der Waals surface area contributed by atoms with E-state index in [4.69, 9.17) is 16.3 Å². The quantitative estimate of drug-likeness (QED) is 0.508. The smallest absolute Gasteiger partial charge is 0.253 e. The predicted octanol–water partition coefficient (Wildman–Crippen LogP) is 3.02. The van der Waals surface area contributed by atoms with E-state index in [1.54, 1.807) is 12.1 Å². The normalized spacial score (nSPS) is 19.1. The van der Waals surface area contributed by atoms with Crippen molar-refractivity contribution in [2.75, 3.05) is 52.5 Å². The predicted molar refractivity (Wildman–Crippen MR) is 141 cm³/mol. The number of piperazine rings is 1. The van der Waals surface area contributed by atoms with Crippen molar-refractivity contribution in [3.05, 3.63) is 58.6 Å². The minimum atomic E-state index is -3.89. The Morgan fingerprint density at radius 2 is 1.49 bits per heavy atom. The third-order valence-electron chi connectivity index (χ3n) is 6.99. The van der Waals surface area contributed by atoms with Gasteiger partial charge in [-0.15, -0.1) is 0 Å². The van der Waals surface area contributed by atoms with Crippen LogP contribution in [0.2, 0.25) is 5.02 Å². The average molecular weight is 570 g/mol. The fraction of sp³-hybridized carbons (Fsp3) is 0.480. The van der Waals surface area contributed by atoms with Gasteiger partial charge in [0, 0.05) is 44.8 Å². The van der Waals surface area contributed by atoms with E-state index in [2.05, 4.69) is 13.8 Å². The minimum Gasteiger partial charge on any atom is -0.379 e. The number of rotatable bonds is 7. The summed E-state index contributed by atoms with van der Waals surface area (Å²) in [5, 5.41) is 0.0401. The Bertz CT molecular complexity index is 1330. The van der Waals surface area contributed by atoms with Gasteiger partial charge >= 0.3 is 0 Å². The van der Waals surface area contributed by atoms with E-state index in [1.807, 2.05) is 12.1 Å². The molecule has 0 bridgehead atoms. The lowest BCUT2D eigenvalue weighted by Crippen LogP contribution is -2.50. The highest BCUT2D eigenvalue weighted by Gasteiger charge is 2.32. The van der Waals surface area contributed by atoms with Crippen molar-refractivity contribution in [3.8, 4) is 0 Å². The number of amides is 1. The van der Waals surface area contributed by atoms with Crippen molar-refractivity contribution in [3.63, 3.8) is 0 Å². The molecule has 0 aliphatic carbocycles. The lowest BCUT2D eigenvalue weighted by molar-refractivity contribution is 0.0697. The molecule has 202 valence electrons. The molecule has 2 aliphatic heterocycles. The summed E-state index contributed by atoms with van der Waals surface area (Å²) in [6, 6.07) is 11.2. The molecule has 2 aromatic rings. The van der Waals surface area contributed by atoms with Crippen molar-refractivity contribution in [2.24, 2.45) is 0 Å². The fourth-order valence-electron chi connectivity index (χ4n) is 4.43. The van der Waals surface area contributed by atoms with Gasteiger partial charge < -0.3 is 9.64 Å². The molecule has 2 aliphatic rings. The molecular weight excluding hydrogens is 538 g/mol. The highest BCUT2D eigenvalue weighted by molar-refractivity contribution is 7.89. The number of hydrogen-bond donors (Lipinski definition) is 0. The van der Waals surface area contributed by atoms with E-state index < -0.39 is 20.0 Å². The van der Waals surface area contributed by atoms with E-state index in [1.165, 1.54) is 31.7 Å². The number of ether oxygens (including phenoxy) is 1. The fourth-order valence-corrected chi connectivity index (χ4v) is 7.76. The molecule has 2 heterocycles. The molecule has 1 atom stereocenters. The molecule has 9 nitrogen and oxygen atoms in total. The van der Waals surface area contributed by atoms with Gasteiger partial charge in [-0.25, -0.2) is 16.8 Å². The van der Waals surface area contributed by atoms with Gasteiger partial charge in [-0.05, 0) is 48.2 Å². The van der Waals surface area contributed by atoms with Crippen LogP contribution in [0.1, 0.15) is 42.1 Å². The minimum absolute atomic E-state index is 0.0401. The van der Waals surface area contributed by atoms with Crippen molar-refractivity contribution in [1.29, 1.82) is 0 Å². The van der Waals surface area contributed by atoms with E-state index in [-0.39, 0.29) is 65.6 Å². The molecule has 0 spiro atoms. The first kappa shape index (κ1) is 28.0. The first-order valence-electron chi connectivity index (χ1n) is 12.3. The molecule has 1 amide bonds. The Labute approximate surface area is 224 Å². The maximum Gasteiger partial charge on any atom is 0.253 e. The van der Waals surface area contributed by atoms with Crippen LogP contribution >= 0.6 is 11.6 Å². The number of sulfonamides is 2. The molecule has 2 saturated heterocycles. The van der Waals surface area contributed by atoms with Gasteiger partial charge in [0.1, 0.15) is 4.90 Å². The van der Waals surface area contributed by atoms with Gasteiger partial charge in [0.15, 0.2) is 0 Å². The first-order valence-corrected chi connectivity index (χ1v) is 15.6. The third kappa shape index (κ3) is 5.86. The van der Waals surface area contributed by atoms with E-state index in [9.17, 15) is 21.6 Å². The Balaban J connectivity index is 1.45. The average Bonchev–Trinajstić information content (AvgIpc) is 2.93. The van der Waals surface area contributed by atoms with Crippen molar-refractivity contribution in [1.82, 2.24) is 13.5 Å². The summed E-state index contributed by atoms with van der Waals surface area (Å²) in [5.74, 6) is -0.0198. The number of benzene rings is 2. The van der Waals surface area contributed by atoms with Crippen LogP contribution in [0.5, 0.6) is 0 Å². The van der Waals surface area contributed by atoms with Crippen molar-refractivity contribution >= 4 is 37.6 Å². The zero-order valence-electron chi connectivity index (χ0n) is 21.0. The lowest BCUT2D eigenvalue weighted by Gasteiger charge is -2.34. The molecule has 0 unspecified atom stereocenters. The standard InChI is InChI=1S/C25H32ClN3O6S2/c1-3-19(2)20-4-7-22(8-5-20)36(31,32)28-12-10-27(11-13-28)25(30)21-6-9-23(26)24(18-21)37(33,34)29-14-16-35-17-15-29/h4-9,18-19H,3,10-17H2,1-2H3/t19-/m0/s1. The molecule has 12 heteroatoms. The van der Waals surface area contributed by atoms with Gasteiger partial charge in [-0.2, -0.15) is 8.61 Å². The topological polar surface area (TPSA) is 104 Å². The van der Waals surface area contributed by atoms with Gasteiger partial charge in [0.2, 0.25) is 20.0 Å². The van der Waals surface area contributed by atoms with Crippen LogP contribution in [-0.2, 0) is 24.8 Å². The second-order valence-electron chi connectivity index (χ2n) is 9.24. The van der Waals surface area contributed by atoms with Gasteiger partial charge in [0.25, 0.3) is 5.91 Å². The van der Waals surface area contributed by atoms with Crippen LogP contribution in [0.15, 0.2) is 52.3 Å². The molecule has 37 heavy (non-hydrogen) atoms. The summed E-state index contributed by atoms with van der Waals surface area (Å²) < 4.78 is 60.4. The molecule has 2 aromatic carbocycles. The molecule has 4 rings (SSSR count). The van der Waals surface area contributed by atoms with Gasteiger partial charge in [-0.3, -0.25) is 4.79 Å². The monoisotopic (exact) mass is 569 g/mol. The molecule has 0 radical (unpaired) electrons. The lowest BCUT2D eigenvalue weighted by atomic mass is 9.99. The Hall–Kier alpha value is -2.02. The maximum atomic E-state index is 13.2. The Morgan fingerprint density at radius 1 is 0.892 bits per heavy atom. The second-order valence-corrected chi connectivity index (χ2v) is 13.5. The summed E-state index contributed by atoms with van der Waals surface area (Å²) >= 11 is 6.22. The summed E-state index contributed by atoms with van der Waals surface area (Å²) in [5.41, 5.74) is 1.28. The van der Waals surface area contributed by atoms with Crippen LogP contribution in [0, 0.1) is 0 Å². The maximum absolute atomic E-state index is 13.2. The van der Waals surface area contributed by atoms with E-state index in [0.717, 1.165) is 12.0 Å². The van der Waals surface area contributed by atoms with Gasteiger partial charge in [-0.1, -0.05) is 37.6 Å². The zero-order valence-corrected chi connectivity index (χ0v) is 23.4. The largest absolute Gasteiger partial charge is 0.379 e. The summed E-state index contributed by atoms with van der Waals surface area (Å²) in [4.78, 5) is 14.9. The number of hydrogen-bond acceptors (Lipinski definition) is 6. The van der Waals surface area contributed by atoms with Crippen LogP contribution in [-0.4, -0.2) is 88.7 Å². The molecular formula is C25H32ClN3O6S2. The third-order valence-corrected chi connectivity index (χ3v) is 11.3. The van der Waals surface area contributed by atoms with Crippen LogP contribution < -0.4 is 0 Å². The number of carbonyl (C=O) groups is 1. The second kappa shape index (κ2) is 11.4.